The van der Waals surface area contributed by atoms with E-state index in [1.807, 2.05) is 18.2 Å². The summed E-state index contributed by atoms with van der Waals surface area (Å²) in [5, 5.41) is 11.8. The highest BCUT2D eigenvalue weighted by Gasteiger charge is 2.36. The molecule has 1 aliphatic rings. The lowest BCUT2D eigenvalue weighted by Crippen LogP contribution is -2.29. The molecule has 28 heavy (non-hydrogen) atoms. The fourth-order valence-corrected chi connectivity index (χ4v) is 3.64. The van der Waals surface area contributed by atoms with E-state index in [2.05, 4.69) is 19.2 Å². The van der Waals surface area contributed by atoms with Crippen LogP contribution in [0.25, 0.3) is 0 Å². The van der Waals surface area contributed by atoms with E-state index in [4.69, 9.17) is 5.11 Å². The number of amides is 2. The van der Waals surface area contributed by atoms with Gasteiger partial charge in [0.15, 0.2) is 0 Å². The van der Waals surface area contributed by atoms with Gasteiger partial charge < -0.3 is 15.3 Å². The topological polar surface area (TPSA) is 86.7 Å². The van der Waals surface area contributed by atoms with E-state index >= 15 is 0 Å². The minimum Gasteiger partial charge on any atom is -0.478 e. The molecule has 0 bridgehead atoms. The average molecular weight is 380 g/mol. The van der Waals surface area contributed by atoms with E-state index in [9.17, 15) is 14.4 Å². The summed E-state index contributed by atoms with van der Waals surface area (Å²) in [4.78, 5) is 38.2. The Morgan fingerprint density at radius 3 is 2.36 bits per heavy atom. The number of para-hydroxylation sites is 1. The number of carbonyl (C=O) groups excluding carboxylic acids is 2. The molecular formula is C22H24N2O4. The second kappa shape index (κ2) is 8.25. The predicted molar refractivity (Wildman–Crippen MR) is 108 cm³/mol. The molecule has 3 rings (SSSR count). The summed E-state index contributed by atoms with van der Waals surface area (Å²) in [7, 11) is 0. The Bertz CT molecular complexity index is 900. The van der Waals surface area contributed by atoms with Crippen molar-refractivity contribution < 1.29 is 19.5 Å². The third kappa shape index (κ3) is 3.91. The zero-order valence-corrected chi connectivity index (χ0v) is 16.1. The molecule has 2 amide bonds. The molecule has 6 nitrogen and oxygen atoms in total. The molecule has 0 saturated carbocycles. The minimum absolute atomic E-state index is 0.0602. The number of nitrogens with zero attached hydrogens (tertiary/aromatic N) is 1. The van der Waals surface area contributed by atoms with Gasteiger partial charge in [-0.05, 0) is 42.2 Å². The molecule has 2 aromatic carbocycles. The first-order chi connectivity index (χ1) is 13.4. The van der Waals surface area contributed by atoms with Crippen molar-refractivity contribution in [3.8, 4) is 0 Å². The minimum atomic E-state index is -1.05. The number of aryl methyl sites for hydroxylation is 2. The number of nitrogens with one attached hydrogen (secondary N) is 1. The summed E-state index contributed by atoms with van der Waals surface area (Å²) >= 11 is 0. The highest BCUT2D eigenvalue weighted by molar-refractivity contribution is 6.04. The van der Waals surface area contributed by atoms with Crippen LogP contribution in [0, 0.1) is 5.92 Å². The molecule has 146 valence electrons. The first-order valence-corrected chi connectivity index (χ1v) is 9.49. The number of aromatic carboxylic acids is 1. The lowest BCUT2D eigenvalue weighted by atomic mass is 10.0. The molecule has 1 atom stereocenters. The molecule has 0 radical (unpaired) electrons. The largest absolute Gasteiger partial charge is 0.478 e. The van der Waals surface area contributed by atoms with Crippen LogP contribution >= 0.6 is 0 Å². The molecule has 0 unspecified atom stereocenters. The second-order valence-corrected chi connectivity index (χ2v) is 6.91. The van der Waals surface area contributed by atoms with E-state index in [0.29, 0.717) is 12.2 Å². The van der Waals surface area contributed by atoms with Crippen LogP contribution in [0.3, 0.4) is 0 Å². The van der Waals surface area contributed by atoms with Gasteiger partial charge in [-0.25, -0.2) is 4.79 Å². The first kappa shape index (κ1) is 19.6. The Labute approximate surface area is 164 Å². The lowest BCUT2D eigenvalue weighted by molar-refractivity contribution is -0.122. The van der Waals surface area contributed by atoms with Gasteiger partial charge in [-0.3, -0.25) is 9.59 Å². The number of carboxylic acids is 1. The predicted octanol–water partition coefficient (Wildman–Crippen LogP) is 3.50. The average Bonchev–Trinajstić information content (AvgIpc) is 3.08. The maximum absolute atomic E-state index is 12.7. The number of hydrogen-bond acceptors (Lipinski definition) is 3. The molecule has 0 aliphatic carbocycles. The van der Waals surface area contributed by atoms with Crippen molar-refractivity contribution in [2.24, 2.45) is 5.92 Å². The van der Waals surface area contributed by atoms with Crippen molar-refractivity contribution in [2.45, 2.75) is 33.1 Å². The molecule has 2 N–H and O–H groups in total. The Morgan fingerprint density at radius 1 is 1.11 bits per heavy atom. The highest BCUT2D eigenvalue weighted by Crippen LogP contribution is 2.32. The molecule has 1 aliphatic heterocycles. The first-order valence-electron chi connectivity index (χ1n) is 9.49. The number of rotatable bonds is 6. The Balaban J connectivity index is 1.79. The summed E-state index contributed by atoms with van der Waals surface area (Å²) in [6.07, 6.45) is 1.77. The smallest absolute Gasteiger partial charge is 0.335 e. The SMILES string of the molecule is CCc1cccc(CC)c1N1C[C@H](C(=O)Nc2cccc(C(=O)O)c2)CC1=O. The second-order valence-electron chi connectivity index (χ2n) is 6.91. The van der Waals surface area contributed by atoms with Gasteiger partial charge in [-0.15, -0.1) is 0 Å². The van der Waals surface area contributed by atoms with Gasteiger partial charge in [-0.1, -0.05) is 38.1 Å². The lowest BCUT2D eigenvalue weighted by Gasteiger charge is -2.23. The van der Waals surface area contributed by atoms with E-state index in [0.717, 1.165) is 29.7 Å². The standard InChI is InChI=1S/C22H24N2O4/c1-3-14-7-5-8-15(4-2)20(14)24-13-17(12-19(24)25)21(26)23-18-10-6-9-16(11-18)22(27)28/h5-11,17H,3-4,12-13H2,1-2H3,(H,23,26)(H,27,28)/t17-/m1/s1. The van der Waals surface area contributed by atoms with E-state index in [-0.39, 0.29) is 23.8 Å². The van der Waals surface area contributed by atoms with Crippen molar-refractivity contribution in [3.05, 3.63) is 59.2 Å². The zero-order valence-electron chi connectivity index (χ0n) is 16.1. The molecule has 1 saturated heterocycles. The molecule has 6 heteroatoms. The molecule has 1 fully saturated rings. The van der Waals surface area contributed by atoms with Crippen LogP contribution in [0.2, 0.25) is 0 Å². The molecule has 0 aromatic heterocycles. The van der Waals surface area contributed by atoms with Crippen molar-refractivity contribution in [2.75, 3.05) is 16.8 Å². The van der Waals surface area contributed by atoms with Crippen molar-refractivity contribution in [1.29, 1.82) is 0 Å². The fourth-order valence-electron chi connectivity index (χ4n) is 3.64. The summed E-state index contributed by atoms with van der Waals surface area (Å²) < 4.78 is 0. The van der Waals surface area contributed by atoms with Gasteiger partial charge in [-0.2, -0.15) is 0 Å². The number of anilines is 2. The van der Waals surface area contributed by atoms with Crippen molar-refractivity contribution >= 4 is 29.2 Å². The maximum Gasteiger partial charge on any atom is 0.335 e. The van der Waals surface area contributed by atoms with Crippen LogP contribution in [-0.4, -0.2) is 29.4 Å². The van der Waals surface area contributed by atoms with E-state index in [1.54, 1.807) is 17.0 Å². The van der Waals surface area contributed by atoms with E-state index < -0.39 is 11.9 Å². The summed E-state index contributed by atoms with van der Waals surface area (Å²) in [6.45, 7) is 4.43. The van der Waals surface area contributed by atoms with Gasteiger partial charge in [0.2, 0.25) is 11.8 Å². The maximum atomic E-state index is 12.7. The number of carboxylic acid groups (broad SMARTS) is 1. The highest BCUT2D eigenvalue weighted by atomic mass is 16.4. The zero-order chi connectivity index (χ0) is 20.3. The van der Waals surface area contributed by atoms with E-state index in [1.165, 1.54) is 12.1 Å². The number of benzene rings is 2. The van der Waals surface area contributed by atoms with Crippen LogP contribution < -0.4 is 10.2 Å². The normalized spacial score (nSPS) is 16.3. The fraction of sp³-hybridized carbons (Fsp3) is 0.318. The Hall–Kier alpha value is -3.15. The van der Waals surface area contributed by atoms with Gasteiger partial charge in [0.25, 0.3) is 0 Å². The molecular weight excluding hydrogens is 356 g/mol. The van der Waals surface area contributed by atoms with Crippen LogP contribution in [0.1, 0.15) is 41.8 Å². The third-order valence-electron chi connectivity index (χ3n) is 5.11. The van der Waals surface area contributed by atoms with Crippen molar-refractivity contribution in [1.82, 2.24) is 0 Å². The quantitative estimate of drug-likeness (QED) is 0.803. The van der Waals surface area contributed by atoms with Gasteiger partial charge in [0.1, 0.15) is 0 Å². The van der Waals surface area contributed by atoms with Crippen LogP contribution in [0.15, 0.2) is 42.5 Å². The van der Waals surface area contributed by atoms with Gasteiger partial charge in [0, 0.05) is 24.3 Å². The van der Waals surface area contributed by atoms with Gasteiger partial charge in [0.05, 0.1) is 11.5 Å². The Kier molecular flexibility index (Phi) is 5.78. The van der Waals surface area contributed by atoms with Gasteiger partial charge >= 0.3 is 5.97 Å². The van der Waals surface area contributed by atoms with Crippen LogP contribution in [0.5, 0.6) is 0 Å². The summed E-state index contributed by atoms with van der Waals surface area (Å²) in [5.74, 6) is -1.86. The molecule has 1 heterocycles. The molecule has 0 spiro atoms. The van der Waals surface area contributed by atoms with Crippen LogP contribution in [-0.2, 0) is 22.4 Å². The number of carbonyl (C=O) groups is 3. The Morgan fingerprint density at radius 2 is 1.75 bits per heavy atom. The number of hydrogen-bond donors (Lipinski definition) is 2. The summed E-state index contributed by atoms with van der Waals surface area (Å²) in [6, 6.07) is 12.1. The summed E-state index contributed by atoms with van der Waals surface area (Å²) in [5.41, 5.74) is 3.65. The van der Waals surface area contributed by atoms with Crippen LogP contribution in [0.4, 0.5) is 11.4 Å². The van der Waals surface area contributed by atoms with Crippen molar-refractivity contribution in [3.63, 3.8) is 0 Å². The third-order valence-corrected chi connectivity index (χ3v) is 5.11. The molecule has 2 aromatic rings. The monoisotopic (exact) mass is 380 g/mol.